The normalized spacial score (nSPS) is 12.1. The Hall–Kier alpha value is -1.71. The molecule has 102 valence electrons. The first kappa shape index (κ1) is 13.7. The zero-order chi connectivity index (χ0) is 14.0. The molecule has 0 aliphatic carbocycles. The van der Waals surface area contributed by atoms with Crippen molar-refractivity contribution >= 4 is 0 Å². The maximum atomic E-state index is 4.13. The average Bonchev–Trinajstić information content (AvgIpc) is 2.77. The van der Waals surface area contributed by atoms with E-state index in [1.165, 1.54) is 11.1 Å². The summed E-state index contributed by atoms with van der Waals surface area (Å²) in [6.45, 7) is 11.5. The van der Waals surface area contributed by atoms with E-state index in [-0.39, 0.29) is 5.41 Å². The minimum absolute atomic E-state index is 0.0403. The van der Waals surface area contributed by atoms with E-state index in [0.717, 1.165) is 12.4 Å². The third kappa shape index (κ3) is 3.19. The molecule has 0 amide bonds. The fourth-order valence-electron chi connectivity index (χ4n) is 2.03. The van der Waals surface area contributed by atoms with E-state index in [1.54, 1.807) is 0 Å². The van der Waals surface area contributed by atoms with E-state index in [2.05, 4.69) is 74.4 Å². The molecule has 0 aliphatic heterocycles. The number of rotatable bonds is 3. The van der Waals surface area contributed by atoms with Crippen molar-refractivity contribution in [3.63, 3.8) is 0 Å². The summed E-state index contributed by atoms with van der Waals surface area (Å²) in [6, 6.07) is 8.68. The molecule has 0 N–H and O–H groups in total. The average molecular weight is 258 g/mol. The highest BCUT2D eigenvalue weighted by molar-refractivity contribution is 5.25. The molecule has 2 rings (SSSR count). The number of tetrazole rings is 1. The second-order valence-electron chi connectivity index (χ2n) is 6.31. The SMILES string of the molecule is CC(C)c1ccc(Cn2nnnc2C(C)(C)C)cc1. The van der Waals surface area contributed by atoms with E-state index in [1.807, 2.05) is 4.68 Å². The van der Waals surface area contributed by atoms with Crippen molar-refractivity contribution in [2.24, 2.45) is 0 Å². The minimum atomic E-state index is -0.0403. The van der Waals surface area contributed by atoms with Crippen molar-refractivity contribution < 1.29 is 0 Å². The summed E-state index contributed by atoms with van der Waals surface area (Å²) >= 11 is 0. The first-order valence-corrected chi connectivity index (χ1v) is 6.73. The molecule has 0 bridgehead atoms. The van der Waals surface area contributed by atoms with Crippen LogP contribution in [0.3, 0.4) is 0 Å². The van der Waals surface area contributed by atoms with Crippen LogP contribution in [0.25, 0.3) is 0 Å². The first-order chi connectivity index (χ1) is 8.88. The lowest BCUT2D eigenvalue weighted by atomic mass is 9.95. The lowest BCUT2D eigenvalue weighted by Crippen LogP contribution is -2.20. The van der Waals surface area contributed by atoms with Crippen molar-refractivity contribution in [1.29, 1.82) is 0 Å². The van der Waals surface area contributed by atoms with Gasteiger partial charge in [0.05, 0.1) is 6.54 Å². The van der Waals surface area contributed by atoms with Crippen LogP contribution in [0.1, 0.15) is 57.5 Å². The Bertz CT molecular complexity index is 532. The summed E-state index contributed by atoms with van der Waals surface area (Å²) in [5, 5.41) is 12.0. The van der Waals surface area contributed by atoms with Crippen LogP contribution in [-0.2, 0) is 12.0 Å². The van der Waals surface area contributed by atoms with Gasteiger partial charge in [0.2, 0.25) is 0 Å². The fraction of sp³-hybridized carbons (Fsp3) is 0.533. The first-order valence-electron chi connectivity index (χ1n) is 6.73. The third-order valence-corrected chi connectivity index (χ3v) is 3.18. The quantitative estimate of drug-likeness (QED) is 0.849. The number of nitrogens with zero attached hydrogens (tertiary/aromatic N) is 4. The van der Waals surface area contributed by atoms with Gasteiger partial charge < -0.3 is 0 Å². The fourth-order valence-corrected chi connectivity index (χ4v) is 2.03. The smallest absolute Gasteiger partial charge is 0.156 e. The Morgan fingerprint density at radius 2 is 1.74 bits per heavy atom. The third-order valence-electron chi connectivity index (χ3n) is 3.18. The highest BCUT2D eigenvalue weighted by Crippen LogP contribution is 2.20. The van der Waals surface area contributed by atoms with Gasteiger partial charge >= 0.3 is 0 Å². The van der Waals surface area contributed by atoms with Crippen molar-refractivity contribution in [2.75, 3.05) is 0 Å². The van der Waals surface area contributed by atoms with E-state index < -0.39 is 0 Å². The standard InChI is InChI=1S/C15H22N4/c1-11(2)13-8-6-12(7-9-13)10-19-14(15(3,4)5)16-17-18-19/h6-9,11H,10H2,1-5H3. The molecule has 0 saturated heterocycles. The molecular weight excluding hydrogens is 236 g/mol. The molecule has 0 spiro atoms. The van der Waals surface area contributed by atoms with Crippen molar-refractivity contribution in [1.82, 2.24) is 20.2 Å². The van der Waals surface area contributed by atoms with E-state index in [9.17, 15) is 0 Å². The van der Waals surface area contributed by atoms with E-state index in [4.69, 9.17) is 0 Å². The molecule has 0 aliphatic rings. The second-order valence-corrected chi connectivity index (χ2v) is 6.31. The summed E-state index contributed by atoms with van der Waals surface area (Å²) in [5.74, 6) is 1.48. The van der Waals surface area contributed by atoms with Gasteiger partial charge in [-0.05, 0) is 27.5 Å². The molecule has 0 radical (unpaired) electrons. The predicted octanol–water partition coefficient (Wildman–Crippen LogP) is 3.14. The van der Waals surface area contributed by atoms with Gasteiger partial charge in [-0.3, -0.25) is 0 Å². The maximum absolute atomic E-state index is 4.13. The predicted molar refractivity (Wildman–Crippen MR) is 76.2 cm³/mol. The van der Waals surface area contributed by atoms with Crippen molar-refractivity contribution in [3.8, 4) is 0 Å². The Labute approximate surface area is 114 Å². The van der Waals surface area contributed by atoms with Gasteiger partial charge in [0.15, 0.2) is 5.82 Å². The molecule has 19 heavy (non-hydrogen) atoms. The topological polar surface area (TPSA) is 43.6 Å². The molecular formula is C15H22N4. The molecule has 4 nitrogen and oxygen atoms in total. The molecule has 1 heterocycles. The summed E-state index contributed by atoms with van der Waals surface area (Å²) < 4.78 is 1.88. The van der Waals surface area contributed by atoms with Crippen LogP contribution in [0.15, 0.2) is 24.3 Å². The summed E-state index contributed by atoms with van der Waals surface area (Å²) in [4.78, 5) is 0. The van der Waals surface area contributed by atoms with Gasteiger partial charge in [-0.2, -0.15) is 0 Å². The Kier molecular flexibility index (Phi) is 3.69. The van der Waals surface area contributed by atoms with Crippen LogP contribution in [0.2, 0.25) is 0 Å². The van der Waals surface area contributed by atoms with Crippen molar-refractivity contribution in [2.45, 2.75) is 52.5 Å². The number of hydrogen-bond acceptors (Lipinski definition) is 3. The molecule has 1 aromatic heterocycles. The van der Waals surface area contributed by atoms with Crippen LogP contribution in [0.4, 0.5) is 0 Å². The molecule has 4 heteroatoms. The molecule has 0 saturated carbocycles. The van der Waals surface area contributed by atoms with Crippen LogP contribution >= 0.6 is 0 Å². The zero-order valence-corrected chi connectivity index (χ0v) is 12.4. The summed E-state index contributed by atoms with van der Waals surface area (Å²) in [6.07, 6.45) is 0. The van der Waals surface area contributed by atoms with Gasteiger partial charge in [0, 0.05) is 5.41 Å². The molecule has 2 aromatic rings. The highest BCUT2D eigenvalue weighted by Gasteiger charge is 2.21. The lowest BCUT2D eigenvalue weighted by Gasteiger charge is -2.17. The second kappa shape index (κ2) is 5.11. The lowest BCUT2D eigenvalue weighted by molar-refractivity contribution is 0.490. The monoisotopic (exact) mass is 258 g/mol. The number of benzene rings is 1. The largest absolute Gasteiger partial charge is 0.225 e. The molecule has 0 atom stereocenters. The molecule has 1 aromatic carbocycles. The minimum Gasteiger partial charge on any atom is -0.225 e. The summed E-state index contributed by atoms with van der Waals surface area (Å²) in [7, 11) is 0. The molecule has 0 unspecified atom stereocenters. The maximum Gasteiger partial charge on any atom is 0.156 e. The number of hydrogen-bond donors (Lipinski definition) is 0. The van der Waals surface area contributed by atoms with E-state index >= 15 is 0 Å². The van der Waals surface area contributed by atoms with Gasteiger partial charge in [0.1, 0.15) is 0 Å². The van der Waals surface area contributed by atoms with Gasteiger partial charge in [-0.15, -0.1) is 5.10 Å². The van der Waals surface area contributed by atoms with Crippen LogP contribution in [0, 0.1) is 0 Å². The van der Waals surface area contributed by atoms with E-state index in [0.29, 0.717) is 5.92 Å². The van der Waals surface area contributed by atoms with Gasteiger partial charge in [0.25, 0.3) is 0 Å². The van der Waals surface area contributed by atoms with Gasteiger partial charge in [-0.1, -0.05) is 58.9 Å². The van der Waals surface area contributed by atoms with Crippen molar-refractivity contribution in [3.05, 3.63) is 41.2 Å². The number of aromatic nitrogens is 4. The van der Waals surface area contributed by atoms with Gasteiger partial charge in [-0.25, -0.2) is 4.68 Å². The van der Waals surface area contributed by atoms with Crippen LogP contribution in [-0.4, -0.2) is 20.2 Å². The Balaban J connectivity index is 2.20. The van der Waals surface area contributed by atoms with Crippen LogP contribution < -0.4 is 0 Å². The highest BCUT2D eigenvalue weighted by atomic mass is 15.5. The van der Waals surface area contributed by atoms with Crippen LogP contribution in [0.5, 0.6) is 0 Å². The zero-order valence-electron chi connectivity index (χ0n) is 12.4. The summed E-state index contributed by atoms with van der Waals surface area (Å²) in [5.41, 5.74) is 2.54. The molecule has 0 fully saturated rings. The Morgan fingerprint density at radius 1 is 1.11 bits per heavy atom. The Morgan fingerprint density at radius 3 is 2.26 bits per heavy atom.